The molecule has 0 saturated carbocycles. The number of nitrogens with two attached hydrogens (primary N) is 1. The van der Waals surface area contributed by atoms with Gasteiger partial charge in [0.25, 0.3) is 0 Å². The Hall–Kier alpha value is -3.46. The predicted octanol–water partition coefficient (Wildman–Crippen LogP) is 2.80. The van der Waals surface area contributed by atoms with Gasteiger partial charge in [-0.3, -0.25) is 5.10 Å². The Bertz CT molecular complexity index is 1040. The zero-order valence-corrected chi connectivity index (χ0v) is 12.9. The number of nitrogens with one attached hydrogen (secondary N) is 1. The summed E-state index contributed by atoms with van der Waals surface area (Å²) in [5.41, 5.74) is 8.31. The van der Waals surface area contributed by atoms with Gasteiger partial charge in [-0.25, -0.2) is 0 Å². The number of phenolic OH excluding ortho intramolecular Hbond substituents is 1. The average molecular weight is 318 g/mol. The Balaban J connectivity index is 2.11. The Morgan fingerprint density at radius 2 is 2.04 bits per heavy atom. The molecule has 4 N–H and O–H groups in total. The second-order valence-corrected chi connectivity index (χ2v) is 5.71. The maximum absolute atomic E-state index is 10.6. The summed E-state index contributed by atoms with van der Waals surface area (Å²) < 4.78 is 5.47. The quantitative estimate of drug-likeness (QED) is 0.639. The summed E-state index contributed by atoms with van der Waals surface area (Å²) in [7, 11) is 0. The molecule has 1 aliphatic rings. The van der Waals surface area contributed by atoms with Crippen molar-refractivity contribution >= 4 is 10.8 Å². The van der Waals surface area contributed by atoms with Crippen molar-refractivity contribution in [2.75, 3.05) is 0 Å². The lowest BCUT2D eigenvalue weighted by molar-refractivity contribution is 0.377. The van der Waals surface area contributed by atoms with E-state index in [9.17, 15) is 10.4 Å². The van der Waals surface area contributed by atoms with E-state index in [4.69, 9.17) is 10.5 Å². The number of hydrogen-bond acceptors (Lipinski definition) is 5. The summed E-state index contributed by atoms with van der Waals surface area (Å²) in [6, 6.07) is 13.3. The third-order valence-corrected chi connectivity index (χ3v) is 4.37. The van der Waals surface area contributed by atoms with Crippen LogP contribution in [0.15, 0.2) is 47.9 Å². The lowest BCUT2D eigenvalue weighted by atomic mass is 9.81. The van der Waals surface area contributed by atoms with E-state index in [1.807, 2.05) is 37.3 Å². The highest BCUT2D eigenvalue weighted by molar-refractivity contribution is 5.89. The van der Waals surface area contributed by atoms with Gasteiger partial charge in [0.1, 0.15) is 17.4 Å². The summed E-state index contributed by atoms with van der Waals surface area (Å²) in [6.07, 6.45) is 0. The van der Waals surface area contributed by atoms with Crippen LogP contribution in [0.25, 0.3) is 10.8 Å². The van der Waals surface area contributed by atoms with E-state index in [1.165, 1.54) is 0 Å². The van der Waals surface area contributed by atoms with E-state index < -0.39 is 5.92 Å². The molecule has 1 atom stereocenters. The van der Waals surface area contributed by atoms with Crippen molar-refractivity contribution < 1.29 is 9.84 Å². The van der Waals surface area contributed by atoms with Crippen molar-refractivity contribution in [2.24, 2.45) is 5.73 Å². The van der Waals surface area contributed by atoms with E-state index >= 15 is 0 Å². The fourth-order valence-corrected chi connectivity index (χ4v) is 3.27. The smallest absolute Gasteiger partial charge is 0.244 e. The van der Waals surface area contributed by atoms with Crippen LogP contribution in [0.1, 0.15) is 22.7 Å². The number of aromatic nitrogens is 2. The second kappa shape index (κ2) is 5.03. The fourth-order valence-electron chi connectivity index (χ4n) is 3.27. The summed E-state index contributed by atoms with van der Waals surface area (Å²) in [4.78, 5) is 0. The Morgan fingerprint density at radius 3 is 2.83 bits per heavy atom. The largest absolute Gasteiger partial charge is 0.508 e. The highest BCUT2D eigenvalue weighted by Crippen LogP contribution is 2.47. The molecule has 1 aliphatic heterocycles. The number of allylic oxidation sites excluding steroid dienone is 1. The van der Waals surface area contributed by atoms with Gasteiger partial charge in [-0.2, -0.15) is 5.26 Å². The summed E-state index contributed by atoms with van der Waals surface area (Å²) in [6.45, 7) is 1.85. The molecule has 1 aromatic heterocycles. The Labute approximate surface area is 137 Å². The van der Waals surface area contributed by atoms with E-state index in [0.717, 1.165) is 16.5 Å². The van der Waals surface area contributed by atoms with E-state index in [0.29, 0.717) is 17.0 Å². The number of phenols is 1. The summed E-state index contributed by atoms with van der Waals surface area (Å²) in [5, 5.41) is 29.0. The van der Waals surface area contributed by atoms with Crippen molar-refractivity contribution in [1.29, 1.82) is 5.26 Å². The molecule has 0 bridgehead atoms. The number of H-pyrrole nitrogens is 1. The number of ether oxygens (including phenoxy) is 1. The third kappa shape index (κ3) is 1.85. The third-order valence-electron chi connectivity index (χ3n) is 4.37. The van der Waals surface area contributed by atoms with Gasteiger partial charge in [0.15, 0.2) is 0 Å². The first-order chi connectivity index (χ1) is 11.6. The molecule has 0 saturated heterocycles. The molecule has 0 unspecified atom stereocenters. The van der Waals surface area contributed by atoms with Gasteiger partial charge in [-0.05, 0) is 23.8 Å². The minimum absolute atomic E-state index is 0.00818. The lowest BCUT2D eigenvalue weighted by Gasteiger charge is -2.25. The molecule has 0 radical (unpaired) electrons. The fraction of sp³-hybridized carbons (Fsp3) is 0.111. The molecular weight excluding hydrogens is 304 g/mol. The minimum atomic E-state index is -0.538. The van der Waals surface area contributed by atoms with Crippen LogP contribution in [-0.4, -0.2) is 15.3 Å². The van der Waals surface area contributed by atoms with Gasteiger partial charge < -0.3 is 15.6 Å². The van der Waals surface area contributed by atoms with Crippen molar-refractivity contribution in [3.8, 4) is 17.7 Å². The van der Waals surface area contributed by atoms with Crippen LogP contribution in [-0.2, 0) is 0 Å². The zero-order valence-electron chi connectivity index (χ0n) is 12.9. The zero-order chi connectivity index (χ0) is 16.8. The van der Waals surface area contributed by atoms with Crippen molar-refractivity contribution in [1.82, 2.24) is 10.2 Å². The van der Waals surface area contributed by atoms with Gasteiger partial charge >= 0.3 is 0 Å². The molecule has 6 heteroatoms. The molecule has 0 fully saturated rings. The van der Waals surface area contributed by atoms with Crippen molar-refractivity contribution in [2.45, 2.75) is 12.8 Å². The maximum Gasteiger partial charge on any atom is 0.244 e. The van der Waals surface area contributed by atoms with Gasteiger partial charge in [0.05, 0.1) is 5.92 Å². The standard InChI is InChI=1S/C18H14N4O2/c1-9-14-16(12(8-19)17(20)24-18(14)22-21-9)15-11-5-3-2-4-10(11)6-7-13(15)23/h2-7,16,23H,20H2,1H3,(H,21,22)/t16-/m0/s1. The molecule has 6 nitrogen and oxygen atoms in total. The highest BCUT2D eigenvalue weighted by Gasteiger charge is 2.36. The number of benzene rings is 2. The summed E-state index contributed by atoms with van der Waals surface area (Å²) >= 11 is 0. The van der Waals surface area contributed by atoms with Crippen LogP contribution in [0.4, 0.5) is 0 Å². The molecule has 0 aliphatic carbocycles. The molecule has 24 heavy (non-hydrogen) atoms. The van der Waals surface area contributed by atoms with Gasteiger partial charge in [0.2, 0.25) is 11.8 Å². The first-order valence-electron chi connectivity index (χ1n) is 7.45. The number of aromatic amines is 1. The molecule has 0 amide bonds. The first kappa shape index (κ1) is 14.2. The number of nitrogens with zero attached hydrogens (tertiary/aromatic N) is 2. The van der Waals surface area contributed by atoms with Crippen molar-refractivity contribution in [3.05, 3.63) is 64.7 Å². The molecule has 0 spiro atoms. The van der Waals surface area contributed by atoms with Gasteiger partial charge in [-0.1, -0.05) is 30.3 Å². The molecule has 2 aromatic carbocycles. The molecule has 118 valence electrons. The van der Waals surface area contributed by atoms with Crippen LogP contribution in [0.2, 0.25) is 0 Å². The van der Waals surface area contributed by atoms with Crippen LogP contribution in [0.5, 0.6) is 11.6 Å². The van der Waals surface area contributed by atoms with Gasteiger partial charge in [-0.15, -0.1) is 5.10 Å². The molecule has 3 aromatic rings. The number of hydrogen-bond donors (Lipinski definition) is 3. The van der Waals surface area contributed by atoms with Crippen LogP contribution < -0.4 is 10.5 Å². The number of aryl methyl sites for hydroxylation is 1. The van der Waals surface area contributed by atoms with Crippen LogP contribution >= 0.6 is 0 Å². The predicted molar refractivity (Wildman–Crippen MR) is 88.2 cm³/mol. The summed E-state index contributed by atoms with van der Waals surface area (Å²) in [5.74, 6) is -0.0912. The highest BCUT2D eigenvalue weighted by atomic mass is 16.5. The van der Waals surface area contributed by atoms with E-state index in [-0.39, 0.29) is 17.2 Å². The number of aromatic hydroxyl groups is 1. The Morgan fingerprint density at radius 1 is 1.25 bits per heavy atom. The SMILES string of the molecule is Cc1[nH]nc2c1[C@@H](c1c(O)ccc3ccccc13)C(C#N)=C(N)O2. The van der Waals surface area contributed by atoms with Crippen LogP contribution in [0, 0.1) is 18.3 Å². The maximum atomic E-state index is 10.6. The minimum Gasteiger partial charge on any atom is -0.508 e. The molecule has 4 rings (SSSR count). The Kier molecular flexibility index (Phi) is 2.97. The second-order valence-electron chi connectivity index (χ2n) is 5.71. The van der Waals surface area contributed by atoms with Crippen LogP contribution in [0.3, 0.4) is 0 Å². The average Bonchev–Trinajstić information content (AvgIpc) is 2.94. The van der Waals surface area contributed by atoms with Gasteiger partial charge in [0, 0.05) is 16.8 Å². The topological polar surface area (TPSA) is 108 Å². The monoisotopic (exact) mass is 318 g/mol. The van der Waals surface area contributed by atoms with E-state index in [2.05, 4.69) is 16.3 Å². The van der Waals surface area contributed by atoms with E-state index in [1.54, 1.807) is 6.07 Å². The normalized spacial score (nSPS) is 16.6. The molecule has 2 heterocycles. The first-order valence-corrected chi connectivity index (χ1v) is 7.45. The lowest BCUT2D eigenvalue weighted by Crippen LogP contribution is -2.21. The molecular formula is C18H14N4O2. The number of rotatable bonds is 1. The number of fused-ring (bicyclic) bond motifs is 2. The number of nitriles is 1. The van der Waals surface area contributed by atoms with Crippen molar-refractivity contribution in [3.63, 3.8) is 0 Å².